The van der Waals surface area contributed by atoms with Gasteiger partial charge in [-0.05, 0) is 20.3 Å². The second kappa shape index (κ2) is 7.51. The Labute approximate surface area is 95.5 Å². The summed E-state index contributed by atoms with van der Waals surface area (Å²) in [6.07, 6.45) is 0.319. The fourth-order valence-electron chi connectivity index (χ4n) is 1.06. The lowest BCUT2D eigenvalue weighted by Crippen LogP contribution is -2.42. The smallest absolute Gasteiger partial charge is 0.410 e. The number of halogens is 1. The van der Waals surface area contributed by atoms with Gasteiger partial charge in [0.15, 0.2) is 5.78 Å². The maximum atomic E-state index is 11.5. The van der Waals surface area contributed by atoms with Crippen molar-refractivity contribution in [2.75, 3.05) is 19.0 Å². The van der Waals surface area contributed by atoms with Crippen LogP contribution in [0.3, 0.4) is 0 Å². The highest BCUT2D eigenvalue weighted by Crippen LogP contribution is 2.06. The molecule has 0 N–H and O–H groups in total. The van der Waals surface area contributed by atoms with Crippen LogP contribution in [0, 0.1) is 0 Å². The van der Waals surface area contributed by atoms with Gasteiger partial charge >= 0.3 is 6.09 Å². The number of hydrogen-bond donors (Lipinski definition) is 0. The maximum Gasteiger partial charge on any atom is 0.410 e. The minimum Gasteiger partial charge on any atom is -0.450 e. The van der Waals surface area contributed by atoms with Crippen LogP contribution in [0.25, 0.3) is 0 Å². The van der Waals surface area contributed by atoms with Gasteiger partial charge in [-0.15, -0.1) is 11.6 Å². The number of Topliss-reactive ketones (excluding diaryl/α,β-unsaturated/α-hetero) is 1. The standard InChI is InChI=1S/C10H18ClNO3/c1-4-8(3)12(7-9(13)6-11)10(14)15-5-2/h8H,4-7H2,1-3H3. The molecule has 1 unspecified atom stereocenters. The second-order valence-corrected chi connectivity index (χ2v) is 3.52. The lowest BCUT2D eigenvalue weighted by atomic mass is 10.2. The third kappa shape index (κ3) is 5.02. The summed E-state index contributed by atoms with van der Waals surface area (Å²) in [4.78, 5) is 24.1. The molecule has 0 aromatic heterocycles. The van der Waals surface area contributed by atoms with Crippen LogP contribution >= 0.6 is 11.6 Å². The van der Waals surface area contributed by atoms with Gasteiger partial charge in [0, 0.05) is 6.04 Å². The van der Waals surface area contributed by atoms with E-state index in [2.05, 4.69) is 0 Å². The lowest BCUT2D eigenvalue weighted by Gasteiger charge is -2.26. The van der Waals surface area contributed by atoms with E-state index in [1.165, 1.54) is 4.90 Å². The summed E-state index contributed by atoms with van der Waals surface area (Å²) in [7, 11) is 0. The van der Waals surface area contributed by atoms with Gasteiger partial charge in [-0.25, -0.2) is 4.79 Å². The summed E-state index contributed by atoms with van der Waals surface area (Å²) in [6, 6.07) is -0.0174. The molecular formula is C10H18ClNO3. The van der Waals surface area contributed by atoms with Gasteiger partial charge in [0.25, 0.3) is 0 Å². The summed E-state index contributed by atoms with van der Waals surface area (Å²) in [5.41, 5.74) is 0. The van der Waals surface area contributed by atoms with Gasteiger partial charge in [0.2, 0.25) is 0 Å². The molecule has 0 aromatic carbocycles. The van der Waals surface area contributed by atoms with Crippen LogP contribution in [0.1, 0.15) is 27.2 Å². The molecule has 1 amide bonds. The molecule has 0 fully saturated rings. The van der Waals surface area contributed by atoms with Crippen LogP contribution in [0.2, 0.25) is 0 Å². The van der Waals surface area contributed by atoms with Crippen molar-refractivity contribution in [2.24, 2.45) is 0 Å². The van der Waals surface area contributed by atoms with E-state index in [0.717, 1.165) is 6.42 Å². The molecule has 0 rings (SSSR count). The first-order chi connectivity index (χ1) is 7.06. The Morgan fingerprint density at radius 3 is 2.40 bits per heavy atom. The summed E-state index contributed by atoms with van der Waals surface area (Å²) < 4.78 is 4.86. The number of ketones is 1. The Kier molecular flexibility index (Phi) is 7.13. The van der Waals surface area contributed by atoms with Crippen LogP contribution in [-0.4, -0.2) is 41.8 Å². The van der Waals surface area contributed by atoms with E-state index in [4.69, 9.17) is 16.3 Å². The predicted molar refractivity (Wildman–Crippen MR) is 59.2 cm³/mol. The molecule has 5 heteroatoms. The van der Waals surface area contributed by atoms with Gasteiger partial charge < -0.3 is 4.74 Å². The molecular weight excluding hydrogens is 218 g/mol. The molecule has 1 atom stereocenters. The number of hydrogen-bond acceptors (Lipinski definition) is 3. The average Bonchev–Trinajstić information content (AvgIpc) is 2.24. The number of carbonyl (C=O) groups is 2. The normalized spacial score (nSPS) is 12.0. The first-order valence-corrected chi connectivity index (χ1v) is 5.61. The highest BCUT2D eigenvalue weighted by molar-refractivity contribution is 6.28. The molecule has 0 aromatic rings. The quantitative estimate of drug-likeness (QED) is 0.662. The summed E-state index contributed by atoms with van der Waals surface area (Å²) in [6.45, 7) is 5.88. The van der Waals surface area contributed by atoms with E-state index < -0.39 is 6.09 Å². The van der Waals surface area contributed by atoms with Gasteiger partial charge in [-0.1, -0.05) is 6.92 Å². The zero-order valence-corrected chi connectivity index (χ0v) is 10.2. The number of ether oxygens (including phenoxy) is 1. The van der Waals surface area contributed by atoms with Crippen molar-refractivity contribution in [2.45, 2.75) is 33.2 Å². The monoisotopic (exact) mass is 235 g/mol. The number of alkyl halides is 1. The van der Waals surface area contributed by atoms with Crippen LogP contribution in [-0.2, 0) is 9.53 Å². The zero-order chi connectivity index (χ0) is 11.8. The number of rotatable bonds is 6. The van der Waals surface area contributed by atoms with E-state index in [-0.39, 0.29) is 24.2 Å². The summed E-state index contributed by atoms with van der Waals surface area (Å²) in [5.74, 6) is -0.253. The first-order valence-electron chi connectivity index (χ1n) is 5.07. The van der Waals surface area contributed by atoms with Crippen molar-refractivity contribution in [3.05, 3.63) is 0 Å². The molecule has 0 bridgehead atoms. The SMILES string of the molecule is CCOC(=O)N(CC(=O)CCl)C(C)CC. The Morgan fingerprint density at radius 2 is 2.00 bits per heavy atom. The third-order valence-corrected chi connectivity index (χ3v) is 2.42. The Morgan fingerprint density at radius 1 is 1.40 bits per heavy atom. The minimum atomic E-state index is -0.453. The number of carbonyl (C=O) groups excluding carboxylic acids is 2. The minimum absolute atomic E-state index is 0.0174. The van der Waals surface area contributed by atoms with Crippen molar-refractivity contribution in [1.29, 1.82) is 0 Å². The van der Waals surface area contributed by atoms with E-state index >= 15 is 0 Å². The number of nitrogens with zero attached hydrogens (tertiary/aromatic N) is 1. The van der Waals surface area contributed by atoms with E-state index in [9.17, 15) is 9.59 Å². The van der Waals surface area contributed by atoms with Gasteiger partial charge in [-0.2, -0.15) is 0 Å². The maximum absolute atomic E-state index is 11.5. The second-order valence-electron chi connectivity index (χ2n) is 3.26. The van der Waals surface area contributed by atoms with E-state index in [1.807, 2.05) is 13.8 Å². The third-order valence-electron chi connectivity index (χ3n) is 2.12. The average molecular weight is 236 g/mol. The summed E-state index contributed by atoms with van der Waals surface area (Å²) in [5, 5.41) is 0. The molecule has 88 valence electrons. The van der Waals surface area contributed by atoms with Crippen LogP contribution < -0.4 is 0 Å². The molecule has 0 aliphatic carbocycles. The van der Waals surface area contributed by atoms with Crippen molar-refractivity contribution in [3.63, 3.8) is 0 Å². The van der Waals surface area contributed by atoms with Crippen LogP contribution in [0.4, 0.5) is 4.79 Å². The van der Waals surface area contributed by atoms with E-state index in [0.29, 0.717) is 6.61 Å². The molecule has 15 heavy (non-hydrogen) atoms. The van der Waals surface area contributed by atoms with Gasteiger partial charge in [-0.3, -0.25) is 9.69 Å². The highest BCUT2D eigenvalue weighted by atomic mass is 35.5. The highest BCUT2D eigenvalue weighted by Gasteiger charge is 2.22. The Balaban J connectivity index is 4.43. The first kappa shape index (κ1) is 14.2. The molecule has 0 radical (unpaired) electrons. The topological polar surface area (TPSA) is 46.6 Å². The molecule has 0 saturated carbocycles. The lowest BCUT2D eigenvalue weighted by molar-refractivity contribution is -0.118. The molecule has 4 nitrogen and oxygen atoms in total. The fourth-order valence-corrected chi connectivity index (χ4v) is 1.14. The van der Waals surface area contributed by atoms with Crippen molar-refractivity contribution < 1.29 is 14.3 Å². The van der Waals surface area contributed by atoms with Gasteiger partial charge in [0.1, 0.15) is 0 Å². The molecule has 0 aliphatic heterocycles. The zero-order valence-electron chi connectivity index (χ0n) is 9.46. The van der Waals surface area contributed by atoms with Crippen molar-refractivity contribution in [1.82, 2.24) is 4.90 Å². The van der Waals surface area contributed by atoms with Crippen LogP contribution in [0.5, 0.6) is 0 Å². The molecule has 0 saturated heterocycles. The molecule has 0 aliphatic rings. The predicted octanol–water partition coefficient (Wildman–Crippen LogP) is 2.05. The van der Waals surface area contributed by atoms with Crippen molar-refractivity contribution in [3.8, 4) is 0 Å². The Bertz CT molecular complexity index is 221. The number of amides is 1. The fraction of sp³-hybridized carbons (Fsp3) is 0.800. The Hall–Kier alpha value is -0.770. The van der Waals surface area contributed by atoms with Gasteiger partial charge in [0.05, 0.1) is 19.0 Å². The van der Waals surface area contributed by atoms with Crippen molar-refractivity contribution >= 4 is 23.5 Å². The summed E-state index contributed by atoms with van der Waals surface area (Å²) >= 11 is 5.40. The van der Waals surface area contributed by atoms with Crippen LogP contribution in [0.15, 0.2) is 0 Å². The molecule has 0 spiro atoms. The largest absolute Gasteiger partial charge is 0.450 e. The molecule has 0 heterocycles. The van der Waals surface area contributed by atoms with E-state index in [1.54, 1.807) is 6.92 Å².